The molecule has 0 saturated heterocycles. The first-order valence-electron chi connectivity index (χ1n) is 6.77. The molecule has 21 heavy (non-hydrogen) atoms. The van der Waals surface area contributed by atoms with E-state index in [2.05, 4.69) is 24.2 Å². The standard InChI is InChI=1S/C17H16ClN3/c1-12-5-2-3-8-15(12)16-10-17(19)21(20-16)11-13-6-4-7-14(18)9-13/h2-10H,11,19H2,1H3. The van der Waals surface area contributed by atoms with E-state index in [1.807, 2.05) is 42.5 Å². The molecule has 0 unspecified atom stereocenters. The van der Waals surface area contributed by atoms with Gasteiger partial charge in [-0.05, 0) is 30.2 Å². The molecular weight excluding hydrogens is 282 g/mol. The van der Waals surface area contributed by atoms with Crippen molar-refractivity contribution in [2.24, 2.45) is 0 Å². The van der Waals surface area contributed by atoms with Gasteiger partial charge >= 0.3 is 0 Å². The molecule has 0 aliphatic carbocycles. The Balaban J connectivity index is 1.93. The van der Waals surface area contributed by atoms with Gasteiger partial charge in [0, 0.05) is 16.7 Å². The van der Waals surface area contributed by atoms with Crippen molar-refractivity contribution >= 4 is 17.4 Å². The van der Waals surface area contributed by atoms with Crippen LogP contribution in [0, 0.1) is 6.92 Å². The fraction of sp³-hybridized carbons (Fsp3) is 0.118. The zero-order valence-corrected chi connectivity index (χ0v) is 12.5. The molecule has 0 amide bonds. The van der Waals surface area contributed by atoms with Gasteiger partial charge in [-0.15, -0.1) is 0 Å². The van der Waals surface area contributed by atoms with Crippen LogP contribution in [-0.4, -0.2) is 9.78 Å². The molecule has 0 aliphatic heterocycles. The number of aromatic nitrogens is 2. The van der Waals surface area contributed by atoms with Crippen molar-refractivity contribution in [3.63, 3.8) is 0 Å². The minimum absolute atomic E-state index is 0.609. The lowest BCUT2D eigenvalue weighted by Gasteiger charge is -2.05. The summed E-state index contributed by atoms with van der Waals surface area (Å²) in [5, 5.41) is 5.33. The van der Waals surface area contributed by atoms with Gasteiger partial charge in [-0.2, -0.15) is 5.10 Å². The zero-order chi connectivity index (χ0) is 14.8. The largest absolute Gasteiger partial charge is 0.384 e. The van der Waals surface area contributed by atoms with Gasteiger partial charge in [-0.1, -0.05) is 48.0 Å². The molecular formula is C17H16ClN3. The fourth-order valence-corrected chi connectivity index (χ4v) is 2.57. The van der Waals surface area contributed by atoms with E-state index in [0.717, 1.165) is 21.8 Å². The van der Waals surface area contributed by atoms with Crippen LogP contribution in [0.5, 0.6) is 0 Å². The maximum absolute atomic E-state index is 6.08. The van der Waals surface area contributed by atoms with Gasteiger partial charge in [0.25, 0.3) is 0 Å². The van der Waals surface area contributed by atoms with Crippen LogP contribution in [0.25, 0.3) is 11.3 Å². The maximum atomic E-state index is 6.08. The lowest BCUT2D eigenvalue weighted by atomic mass is 10.1. The predicted molar refractivity (Wildman–Crippen MR) is 87.4 cm³/mol. The molecule has 3 rings (SSSR count). The Bertz CT molecular complexity index is 777. The summed E-state index contributed by atoms with van der Waals surface area (Å²) in [7, 11) is 0. The number of rotatable bonds is 3. The van der Waals surface area contributed by atoms with E-state index in [9.17, 15) is 0 Å². The lowest BCUT2D eigenvalue weighted by molar-refractivity contribution is 0.699. The summed E-state index contributed by atoms with van der Waals surface area (Å²) >= 11 is 6.01. The quantitative estimate of drug-likeness (QED) is 0.789. The molecule has 2 N–H and O–H groups in total. The van der Waals surface area contributed by atoms with Gasteiger partial charge in [-0.25, -0.2) is 4.68 Å². The number of hydrogen-bond acceptors (Lipinski definition) is 2. The van der Waals surface area contributed by atoms with Crippen molar-refractivity contribution in [2.75, 3.05) is 5.73 Å². The van der Waals surface area contributed by atoms with Gasteiger partial charge in [-0.3, -0.25) is 0 Å². The summed E-state index contributed by atoms with van der Waals surface area (Å²) in [5.74, 6) is 0.647. The highest BCUT2D eigenvalue weighted by molar-refractivity contribution is 6.30. The summed E-state index contributed by atoms with van der Waals surface area (Å²) < 4.78 is 1.80. The van der Waals surface area contributed by atoms with E-state index in [-0.39, 0.29) is 0 Å². The summed E-state index contributed by atoms with van der Waals surface area (Å²) in [6.07, 6.45) is 0. The van der Waals surface area contributed by atoms with Crippen LogP contribution in [0.15, 0.2) is 54.6 Å². The Morgan fingerprint density at radius 3 is 2.67 bits per heavy atom. The molecule has 0 fully saturated rings. The van der Waals surface area contributed by atoms with Crippen LogP contribution in [0.4, 0.5) is 5.82 Å². The topological polar surface area (TPSA) is 43.8 Å². The van der Waals surface area contributed by atoms with E-state index in [1.165, 1.54) is 5.56 Å². The highest BCUT2D eigenvalue weighted by Gasteiger charge is 2.09. The van der Waals surface area contributed by atoms with Crippen molar-refractivity contribution in [2.45, 2.75) is 13.5 Å². The molecule has 2 aromatic carbocycles. The third kappa shape index (κ3) is 2.93. The summed E-state index contributed by atoms with van der Waals surface area (Å²) in [5.41, 5.74) is 10.3. The average Bonchev–Trinajstić information content (AvgIpc) is 2.80. The minimum Gasteiger partial charge on any atom is -0.384 e. The van der Waals surface area contributed by atoms with Crippen molar-refractivity contribution in [3.8, 4) is 11.3 Å². The molecule has 106 valence electrons. The molecule has 1 aromatic heterocycles. The molecule has 4 heteroatoms. The minimum atomic E-state index is 0.609. The fourth-order valence-electron chi connectivity index (χ4n) is 2.36. The molecule has 0 saturated carbocycles. The maximum Gasteiger partial charge on any atom is 0.122 e. The number of halogens is 1. The second-order valence-corrected chi connectivity index (χ2v) is 5.49. The predicted octanol–water partition coefficient (Wildman–Crippen LogP) is 4.14. The van der Waals surface area contributed by atoms with Crippen molar-refractivity contribution in [1.82, 2.24) is 9.78 Å². The highest BCUT2D eigenvalue weighted by Crippen LogP contribution is 2.24. The van der Waals surface area contributed by atoms with Crippen LogP contribution < -0.4 is 5.73 Å². The zero-order valence-electron chi connectivity index (χ0n) is 11.8. The second-order valence-electron chi connectivity index (χ2n) is 5.06. The third-order valence-corrected chi connectivity index (χ3v) is 3.69. The van der Waals surface area contributed by atoms with Gasteiger partial charge in [0.1, 0.15) is 5.82 Å². The first kappa shape index (κ1) is 13.7. The first-order valence-corrected chi connectivity index (χ1v) is 7.15. The molecule has 0 spiro atoms. The second kappa shape index (κ2) is 5.62. The van der Waals surface area contributed by atoms with E-state index in [1.54, 1.807) is 4.68 Å². The number of nitrogen functional groups attached to an aromatic ring is 1. The van der Waals surface area contributed by atoms with Crippen LogP contribution in [-0.2, 0) is 6.54 Å². The van der Waals surface area contributed by atoms with E-state index < -0.39 is 0 Å². The third-order valence-electron chi connectivity index (χ3n) is 3.45. The molecule has 0 atom stereocenters. The van der Waals surface area contributed by atoms with Crippen molar-refractivity contribution in [3.05, 3.63) is 70.7 Å². The van der Waals surface area contributed by atoms with Crippen LogP contribution >= 0.6 is 11.6 Å². The van der Waals surface area contributed by atoms with Gasteiger partial charge < -0.3 is 5.73 Å². The average molecular weight is 298 g/mol. The molecule has 0 radical (unpaired) electrons. The van der Waals surface area contributed by atoms with Crippen LogP contribution in [0.3, 0.4) is 0 Å². The Kier molecular flexibility index (Phi) is 3.67. The molecule has 0 bridgehead atoms. The van der Waals surface area contributed by atoms with Crippen molar-refractivity contribution < 1.29 is 0 Å². The molecule has 3 aromatic rings. The monoisotopic (exact) mass is 297 g/mol. The Morgan fingerprint density at radius 2 is 1.90 bits per heavy atom. The first-order chi connectivity index (χ1) is 10.1. The summed E-state index contributed by atoms with van der Waals surface area (Å²) in [6, 6.07) is 17.8. The SMILES string of the molecule is Cc1ccccc1-c1cc(N)n(Cc2cccc(Cl)c2)n1. The van der Waals surface area contributed by atoms with E-state index >= 15 is 0 Å². The number of benzene rings is 2. The smallest absolute Gasteiger partial charge is 0.122 e. The number of aryl methyl sites for hydroxylation is 1. The number of nitrogens with zero attached hydrogens (tertiary/aromatic N) is 2. The Labute approximate surface area is 129 Å². The number of anilines is 1. The summed E-state index contributed by atoms with van der Waals surface area (Å²) in [6.45, 7) is 2.68. The van der Waals surface area contributed by atoms with E-state index in [0.29, 0.717) is 12.4 Å². The lowest BCUT2D eigenvalue weighted by Crippen LogP contribution is -2.05. The Morgan fingerprint density at radius 1 is 1.10 bits per heavy atom. The van der Waals surface area contributed by atoms with Crippen molar-refractivity contribution in [1.29, 1.82) is 0 Å². The normalized spacial score (nSPS) is 10.8. The Hall–Kier alpha value is -2.26. The molecule has 3 nitrogen and oxygen atoms in total. The highest BCUT2D eigenvalue weighted by atomic mass is 35.5. The van der Waals surface area contributed by atoms with Gasteiger partial charge in [0.05, 0.1) is 12.2 Å². The van der Waals surface area contributed by atoms with Crippen LogP contribution in [0.2, 0.25) is 5.02 Å². The molecule has 1 heterocycles. The number of nitrogens with two attached hydrogens (primary N) is 1. The van der Waals surface area contributed by atoms with E-state index in [4.69, 9.17) is 17.3 Å². The van der Waals surface area contributed by atoms with Gasteiger partial charge in [0.2, 0.25) is 0 Å². The molecule has 0 aliphatic rings. The van der Waals surface area contributed by atoms with Gasteiger partial charge in [0.15, 0.2) is 0 Å². The number of hydrogen-bond donors (Lipinski definition) is 1. The summed E-state index contributed by atoms with van der Waals surface area (Å²) in [4.78, 5) is 0. The van der Waals surface area contributed by atoms with Crippen LogP contribution in [0.1, 0.15) is 11.1 Å².